The molecule has 5 nitrogen and oxygen atoms in total. The molecule has 2 aromatic heterocycles. The van der Waals surface area contributed by atoms with Gasteiger partial charge in [-0.1, -0.05) is 19.1 Å². The quantitative estimate of drug-likeness (QED) is 0.851. The first-order valence-corrected chi connectivity index (χ1v) is 7.52. The number of nitrogens with one attached hydrogen (secondary N) is 1. The van der Waals surface area contributed by atoms with E-state index >= 15 is 0 Å². The summed E-state index contributed by atoms with van der Waals surface area (Å²) in [5, 5.41) is 2.90. The second kappa shape index (κ2) is 8.12. The van der Waals surface area contributed by atoms with E-state index in [9.17, 15) is 4.79 Å². The van der Waals surface area contributed by atoms with Gasteiger partial charge in [0.2, 0.25) is 5.91 Å². The van der Waals surface area contributed by atoms with E-state index in [4.69, 9.17) is 0 Å². The van der Waals surface area contributed by atoms with Gasteiger partial charge in [0, 0.05) is 56.6 Å². The Kier molecular flexibility index (Phi) is 5.89. The number of likely N-dealkylation sites (N-methyl/N-ethyl adjacent to an activating group) is 1. The van der Waals surface area contributed by atoms with Crippen LogP contribution < -0.4 is 10.2 Å². The highest BCUT2D eigenvalue weighted by Crippen LogP contribution is 2.16. The Morgan fingerprint density at radius 3 is 2.73 bits per heavy atom. The Hall–Kier alpha value is -2.43. The number of hydrogen-bond donors (Lipinski definition) is 1. The standard InChI is InChI=1S/C17H22N4O/c1-3-16(22)20-13-14-7-6-11-19-17(14)21(2)12-9-15-8-4-5-10-18-15/h4-8,10-11H,3,9,12-13H2,1-2H3,(H,20,22). The van der Waals surface area contributed by atoms with Crippen LogP contribution >= 0.6 is 0 Å². The van der Waals surface area contributed by atoms with Crippen molar-refractivity contribution >= 4 is 11.7 Å². The average Bonchev–Trinajstić information content (AvgIpc) is 2.58. The number of nitrogens with zero attached hydrogens (tertiary/aromatic N) is 3. The summed E-state index contributed by atoms with van der Waals surface area (Å²) < 4.78 is 0. The van der Waals surface area contributed by atoms with Gasteiger partial charge in [0.15, 0.2) is 0 Å². The molecule has 2 aromatic rings. The summed E-state index contributed by atoms with van der Waals surface area (Å²) in [5.74, 6) is 0.945. The van der Waals surface area contributed by atoms with Crippen LogP contribution in [-0.4, -0.2) is 29.5 Å². The summed E-state index contributed by atoms with van der Waals surface area (Å²) in [6, 6.07) is 9.82. The van der Waals surface area contributed by atoms with Gasteiger partial charge in [-0.15, -0.1) is 0 Å². The molecule has 0 saturated heterocycles. The van der Waals surface area contributed by atoms with Gasteiger partial charge < -0.3 is 10.2 Å². The largest absolute Gasteiger partial charge is 0.359 e. The zero-order valence-corrected chi connectivity index (χ0v) is 13.1. The van der Waals surface area contributed by atoms with Crippen LogP contribution in [0, 0.1) is 0 Å². The fourth-order valence-electron chi connectivity index (χ4n) is 2.16. The molecule has 0 saturated carbocycles. The van der Waals surface area contributed by atoms with Crippen molar-refractivity contribution in [1.29, 1.82) is 0 Å². The number of amides is 1. The summed E-state index contributed by atoms with van der Waals surface area (Å²) in [6.07, 6.45) is 4.93. The third kappa shape index (κ3) is 4.55. The van der Waals surface area contributed by atoms with E-state index < -0.39 is 0 Å². The van der Waals surface area contributed by atoms with Gasteiger partial charge in [0.25, 0.3) is 0 Å². The molecule has 0 bridgehead atoms. The number of hydrogen-bond acceptors (Lipinski definition) is 4. The SMILES string of the molecule is CCC(=O)NCc1cccnc1N(C)CCc1ccccn1. The van der Waals surface area contributed by atoms with Gasteiger partial charge >= 0.3 is 0 Å². The van der Waals surface area contributed by atoms with E-state index in [2.05, 4.69) is 20.2 Å². The second-order valence-corrected chi connectivity index (χ2v) is 5.11. The van der Waals surface area contributed by atoms with Gasteiger partial charge in [-0.25, -0.2) is 4.98 Å². The predicted octanol–water partition coefficient (Wildman–Crippen LogP) is 2.18. The molecule has 0 aliphatic rings. The van der Waals surface area contributed by atoms with Gasteiger partial charge in [-0.2, -0.15) is 0 Å². The Morgan fingerprint density at radius 2 is 2.00 bits per heavy atom. The van der Waals surface area contributed by atoms with Gasteiger partial charge in [0.1, 0.15) is 5.82 Å². The second-order valence-electron chi connectivity index (χ2n) is 5.11. The maximum Gasteiger partial charge on any atom is 0.219 e. The van der Waals surface area contributed by atoms with Gasteiger partial charge in [-0.05, 0) is 18.2 Å². The molecular weight excluding hydrogens is 276 g/mol. The molecule has 5 heteroatoms. The summed E-state index contributed by atoms with van der Waals surface area (Å²) >= 11 is 0. The minimum atomic E-state index is 0.0472. The predicted molar refractivity (Wildman–Crippen MR) is 87.6 cm³/mol. The molecule has 1 N–H and O–H groups in total. The zero-order chi connectivity index (χ0) is 15.8. The normalized spacial score (nSPS) is 10.3. The third-order valence-electron chi connectivity index (χ3n) is 3.46. The van der Waals surface area contributed by atoms with E-state index in [-0.39, 0.29) is 5.91 Å². The molecular formula is C17H22N4O. The Balaban J connectivity index is 1.99. The minimum Gasteiger partial charge on any atom is -0.359 e. The number of pyridine rings is 2. The molecule has 2 rings (SSSR count). The Labute approximate surface area is 131 Å². The summed E-state index contributed by atoms with van der Waals surface area (Å²) in [5.41, 5.74) is 2.08. The Bertz CT molecular complexity index is 601. The van der Waals surface area contributed by atoms with Crippen LogP contribution in [0.1, 0.15) is 24.6 Å². The molecule has 116 valence electrons. The van der Waals surface area contributed by atoms with Crippen LogP contribution in [0.15, 0.2) is 42.7 Å². The van der Waals surface area contributed by atoms with Gasteiger partial charge in [-0.3, -0.25) is 9.78 Å². The highest BCUT2D eigenvalue weighted by molar-refractivity contribution is 5.75. The summed E-state index contributed by atoms with van der Waals surface area (Å²) in [7, 11) is 2.01. The molecule has 2 heterocycles. The third-order valence-corrected chi connectivity index (χ3v) is 3.46. The van der Waals surface area contributed by atoms with Crippen LogP contribution in [-0.2, 0) is 17.8 Å². The first-order chi connectivity index (χ1) is 10.7. The fourth-order valence-corrected chi connectivity index (χ4v) is 2.16. The van der Waals surface area contributed by atoms with Crippen molar-refractivity contribution < 1.29 is 4.79 Å². The van der Waals surface area contributed by atoms with E-state index in [0.717, 1.165) is 30.0 Å². The molecule has 0 aliphatic carbocycles. The van der Waals surface area contributed by atoms with Crippen molar-refractivity contribution in [3.8, 4) is 0 Å². The molecule has 0 fully saturated rings. The molecule has 0 radical (unpaired) electrons. The monoisotopic (exact) mass is 298 g/mol. The molecule has 22 heavy (non-hydrogen) atoms. The highest BCUT2D eigenvalue weighted by Gasteiger charge is 2.09. The van der Waals surface area contributed by atoms with E-state index in [1.54, 1.807) is 6.20 Å². The van der Waals surface area contributed by atoms with Gasteiger partial charge in [0.05, 0.1) is 0 Å². The lowest BCUT2D eigenvalue weighted by Gasteiger charge is -2.21. The van der Waals surface area contributed by atoms with Crippen molar-refractivity contribution in [3.05, 3.63) is 54.0 Å². The number of carbonyl (C=O) groups is 1. The van der Waals surface area contributed by atoms with Crippen molar-refractivity contribution in [1.82, 2.24) is 15.3 Å². The smallest absolute Gasteiger partial charge is 0.219 e. The lowest BCUT2D eigenvalue weighted by Crippen LogP contribution is -2.26. The minimum absolute atomic E-state index is 0.0472. The molecule has 0 atom stereocenters. The van der Waals surface area contributed by atoms with Crippen molar-refractivity contribution in [3.63, 3.8) is 0 Å². The lowest BCUT2D eigenvalue weighted by molar-refractivity contribution is -0.120. The van der Waals surface area contributed by atoms with Crippen LogP contribution in [0.5, 0.6) is 0 Å². The lowest BCUT2D eigenvalue weighted by atomic mass is 10.2. The topological polar surface area (TPSA) is 58.1 Å². The molecule has 0 aliphatic heterocycles. The first-order valence-electron chi connectivity index (χ1n) is 7.52. The van der Waals surface area contributed by atoms with Crippen molar-refractivity contribution in [2.24, 2.45) is 0 Å². The van der Waals surface area contributed by atoms with Crippen LogP contribution in [0.25, 0.3) is 0 Å². The first kappa shape index (κ1) is 15.9. The molecule has 1 amide bonds. The van der Waals surface area contributed by atoms with Crippen LogP contribution in [0.4, 0.5) is 5.82 Å². The van der Waals surface area contributed by atoms with E-state index in [1.165, 1.54) is 0 Å². The number of carbonyl (C=O) groups excluding carboxylic acids is 1. The highest BCUT2D eigenvalue weighted by atomic mass is 16.1. The zero-order valence-electron chi connectivity index (χ0n) is 13.1. The molecule has 0 aromatic carbocycles. The van der Waals surface area contributed by atoms with E-state index in [1.807, 2.05) is 50.5 Å². The maximum absolute atomic E-state index is 11.4. The van der Waals surface area contributed by atoms with Crippen molar-refractivity contribution in [2.45, 2.75) is 26.3 Å². The summed E-state index contributed by atoms with van der Waals surface area (Å²) in [6.45, 7) is 3.17. The number of aromatic nitrogens is 2. The molecule has 0 spiro atoms. The fraction of sp³-hybridized carbons (Fsp3) is 0.353. The van der Waals surface area contributed by atoms with Crippen molar-refractivity contribution in [2.75, 3.05) is 18.5 Å². The Morgan fingerprint density at radius 1 is 1.18 bits per heavy atom. The summed E-state index contributed by atoms with van der Waals surface area (Å²) in [4.78, 5) is 22.3. The van der Waals surface area contributed by atoms with E-state index in [0.29, 0.717) is 13.0 Å². The maximum atomic E-state index is 11.4. The average molecular weight is 298 g/mol. The molecule has 0 unspecified atom stereocenters. The number of anilines is 1. The van der Waals surface area contributed by atoms with Crippen LogP contribution in [0.2, 0.25) is 0 Å². The number of rotatable bonds is 7. The van der Waals surface area contributed by atoms with Crippen LogP contribution in [0.3, 0.4) is 0 Å².